The van der Waals surface area contributed by atoms with Gasteiger partial charge in [0.05, 0.1) is 5.56 Å². The number of nitrogens with zero attached hydrogens (tertiary/aromatic N) is 4. The number of hydrogen-bond donors (Lipinski definition) is 2. The van der Waals surface area contributed by atoms with Crippen LogP contribution in [0.2, 0.25) is 0 Å². The second kappa shape index (κ2) is 8.14. The maximum absolute atomic E-state index is 12.3. The van der Waals surface area contributed by atoms with E-state index in [9.17, 15) is 4.79 Å². The molecule has 1 aromatic heterocycles. The number of carbonyl (C=O) groups is 1. The van der Waals surface area contributed by atoms with Crippen LogP contribution in [0.15, 0.2) is 36.7 Å². The van der Waals surface area contributed by atoms with Crippen LogP contribution in [-0.2, 0) is 0 Å². The normalized spacial score (nSPS) is 15.2. The zero-order chi connectivity index (χ0) is 18.5. The first kappa shape index (κ1) is 18.1. The highest BCUT2D eigenvalue weighted by Gasteiger charge is 2.14. The number of benzene rings is 1. The first-order chi connectivity index (χ1) is 12.5. The highest BCUT2D eigenvalue weighted by molar-refractivity contribution is 6.03. The van der Waals surface area contributed by atoms with E-state index >= 15 is 0 Å². The van der Waals surface area contributed by atoms with Gasteiger partial charge in [-0.15, -0.1) is 0 Å². The van der Waals surface area contributed by atoms with E-state index < -0.39 is 0 Å². The minimum absolute atomic E-state index is 0.214. The third kappa shape index (κ3) is 4.70. The summed E-state index contributed by atoms with van der Waals surface area (Å²) in [6, 6.07) is 8.20. The largest absolute Gasteiger partial charge is 0.369 e. The Bertz CT molecular complexity index is 721. The molecule has 1 saturated heterocycles. The van der Waals surface area contributed by atoms with Gasteiger partial charge < -0.3 is 20.4 Å². The number of likely N-dealkylation sites (N-methyl/N-ethyl adjacent to an activating group) is 1. The number of piperazine rings is 1. The Morgan fingerprint density at radius 3 is 2.23 bits per heavy atom. The van der Waals surface area contributed by atoms with Crippen LogP contribution >= 0.6 is 0 Å². The Morgan fingerprint density at radius 2 is 1.65 bits per heavy atom. The van der Waals surface area contributed by atoms with Crippen LogP contribution in [-0.4, -0.2) is 60.0 Å². The van der Waals surface area contributed by atoms with Gasteiger partial charge >= 0.3 is 0 Å². The lowest BCUT2D eigenvalue weighted by atomic mass is 10.2. The maximum Gasteiger partial charge on any atom is 0.258 e. The summed E-state index contributed by atoms with van der Waals surface area (Å²) >= 11 is 0. The molecule has 0 spiro atoms. The van der Waals surface area contributed by atoms with Crippen LogP contribution in [0.25, 0.3) is 0 Å². The molecule has 7 nitrogen and oxygen atoms in total. The highest BCUT2D eigenvalue weighted by atomic mass is 16.1. The van der Waals surface area contributed by atoms with E-state index in [2.05, 4.69) is 37.4 Å². The number of anilines is 3. The van der Waals surface area contributed by atoms with Crippen molar-refractivity contribution in [2.75, 3.05) is 48.8 Å². The summed E-state index contributed by atoms with van der Waals surface area (Å²) in [5, 5.41) is 5.99. The van der Waals surface area contributed by atoms with E-state index in [0.29, 0.717) is 11.5 Å². The molecule has 1 amide bonds. The molecule has 1 aromatic carbocycles. The van der Waals surface area contributed by atoms with Crippen LogP contribution < -0.4 is 15.5 Å². The number of rotatable bonds is 5. The molecule has 0 radical (unpaired) electrons. The van der Waals surface area contributed by atoms with Gasteiger partial charge in [-0.2, -0.15) is 0 Å². The van der Waals surface area contributed by atoms with Gasteiger partial charge in [-0.05, 0) is 45.2 Å². The standard InChI is InChI=1S/C19H26N6O/c1-14(2)22-19-20-12-15(13-21-19)18(26)23-16-4-6-17(7-5-16)25-10-8-24(3)9-11-25/h4-7,12-14H,8-11H2,1-3H3,(H,23,26)(H,20,21,22). The van der Waals surface area contributed by atoms with Gasteiger partial charge in [0.2, 0.25) is 5.95 Å². The summed E-state index contributed by atoms with van der Waals surface area (Å²) < 4.78 is 0. The Hall–Kier alpha value is -2.67. The van der Waals surface area contributed by atoms with Crippen LogP contribution in [0.5, 0.6) is 0 Å². The van der Waals surface area contributed by atoms with Gasteiger partial charge in [0, 0.05) is 56.0 Å². The number of nitrogens with one attached hydrogen (secondary N) is 2. The number of amides is 1. The molecule has 2 aromatic rings. The molecule has 0 atom stereocenters. The van der Waals surface area contributed by atoms with Crippen molar-refractivity contribution in [3.05, 3.63) is 42.2 Å². The summed E-state index contributed by atoms with van der Waals surface area (Å²) in [6.45, 7) is 8.21. The minimum Gasteiger partial charge on any atom is -0.369 e. The minimum atomic E-state index is -0.214. The van der Waals surface area contributed by atoms with Gasteiger partial charge in [0.1, 0.15) is 0 Å². The van der Waals surface area contributed by atoms with Crippen molar-refractivity contribution in [2.45, 2.75) is 19.9 Å². The third-order valence-corrected chi connectivity index (χ3v) is 4.33. The molecule has 3 rings (SSSR count). The van der Waals surface area contributed by atoms with Crippen LogP contribution in [0.1, 0.15) is 24.2 Å². The quantitative estimate of drug-likeness (QED) is 0.858. The number of carbonyl (C=O) groups excluding carboxylic acids is 1. The first-order valence-corrected chi connectivity index (χ1v) is 8.95. The molecule has 0 unspecified atom stereocenters. The van der Waals surface area contributed by atoms with E-state index in [4.69, 9.17) is 0 Å². The Kier molecular flexibility index (Phi) is 5.68. The van der Waals surface area contributed by atoms with Gasteiger partial charge in [-0.3, -0.25) is 4.79 Å². The molecule has 0 bridgehead atoms. The first-order valence-electron chi connectivity index (χ1n) is 8.95. The predicted molar refractivity (Wildman–Crippen MR) is 105 cm³/mol. The smallest absolute Gasteiger partial charge is 0.258 e. The second-order valence-corrected chi connectivity index (χ2v) is 6.89. The molecule has 0 aliphatic carbocycles. The van der Waals surface area contributed by atoms with E-state index in [1.54, 1.807) is 0 Å². The average molecular weight is 354 g/mol. The Morgan fingerprint density at radius 1 is 1.04 bits per heavy atom. The molecule has 0 saturated carbocycles. The van der Waals surface area contributed by atoms with Crippen molar-refractivity contribution >= 4 is 23.2 Å². The zero-order valence-corrected chi connectivity index (χ0v) is 15.6. The SMILES string of the molecule is CC(C)Nc1ncc(C(=O)Nc2ccc(N3CCN(C)CC3)cc2)cn1. The molecule has 7 heteroatoms. The van der Waals surface area contributed by atoms with E-state index in [0.717, 1.165) is 31.9 Å². The maximum atomic E-state index is 12.3. The predicted octanol–water partition coefficient (Wildman–Crippen LogP) is 2.30. The van der Waals surface area contributed by atoms with Crippen molar-refractivity contribution in [3.8, 4) is 0 Å². The Balaban J connectivity index is 1.59. The van der Waals surface area contributed by atoms with Gasteiger partial charge in [-0.25, -0.2) is 9.97 Å². The monoisotopic (exact) mass is 354 g/mol. The molecule has 2 N–H and O–H groups in total. The summed E-state index contributed by atoms with van der Waals surface area (Å²) in [5.74, 6) is 0.307. The van der Waals surface area contributed by atoms with E-state index in [1.165, 1.54) is 18.1 Å². The lowest BCUT2D eigenvalue weighted by molar-refractivity contribution is 0.102. The summed E-state index contributed by atoms with van der Waals surface area (Å²) in [4.78, 5) is 25.4. The summed E-state index contributed by atoms with van der Waals surface area (Å²) in [5.41, 5.74) is 2.38. The van der Waals surface area contributed by atoms with E-state index in [-0.39, 0.29) is 11.9 Å². The van der Waals surface area contributed by atoms with Crippen LogP contribution in [0.4, 0.5) is 17.3 Å². The van der Waals surface area contributed by atoms with Crippen LogP contribution in [0, 0.1) is 0 Å². The van der Waals surface area contributed by atoms with Gasteiger partial charge in [0.25, 0.3) is 5.91 Å². The van der Waals surface area contributed by atoms with Gasteiger partial charge in [0.15, 0.2) is 0 Å². The molecule has 138 valence electrons. The molecular formula is C19H26N6O. The molecular weight excluding hydrogens is 328 g/mol. The average Bonchev–Trinajstić information content (AvgIpc) is 2.63. The fourth-order valence-electron chi connectivity index (χ4n) is 2.80. The third-order valence-electron chi connectivity index (χ3n) is 4.33. The molecule has 26 heavy (non-hydrogen) atoms. The highest BCUT2D eigenvalue weighted by Crippen LogP contribution is 2.19. The topological polar surface area (TPSA) is 73.4 Å². The summed E-state index contributed by atoms with van der Waals surface area (Å²) in [7, 11) is 2.14. The second-order valence-electron chi connectivity index (χ2n) is 6.89. The number of aromatic nitrogens is 2. The molecule has 2 heterocycles. The van der Waals surface area contributed by atoms with Crippen LogP contribution in [0.3, 0.4) is 0 Å². The zero-order valence-electron chi connectivity index (χ0n) is 15.6. The molecule has 1 aliphatic heterocycles. The number of hydrogen-bond acceptors (Lipinski definition) is 6. The molecule has 1 fully saturated rings. The van der Waals surface area contributed by atoms with Crippen molar-refractivity contribution in [1.82, 2.24) is 14.9 Å². The van der Waals surface area contributed by atoms with Crippen molar-refractivity contribution in [1.29, 1.82) is 0 Å². The van der Waals surface area contributed by atoms with Crippen molar-refractivity contribution in [2.24, 2.45) is 0 Å². The fraction of sp³-hybridized carbons (Fsp3) is 0.421. The van der Waals surface area contributed by atoms with E-state index in [1.807, 2.05) is 38.1 Å². The molecule has 1 aliphatic rings. The van der Waals surface area contributed by atoms with Crippen molar-refractivity contribution in [3.63, 3.8) is 0 Å². The summed E-state index contributed by atoms with van der Waals surface area (Å²) in [6.07, 6.45) is 3.07. The fourth-order valence-corrected chi connectivity index (χ4v) is 2.80. The Labute approximate surface area is 154 Å². The van der Waals surface area contributed by atoms with Crippen molar-refractivity contribution < 1.29 is 4.79 Å². The van der Waals surface area contributed by atoms with Gasteiger partial charge in [-0.1, -0.05) is 0 Å². The lowest BCUT2D eigenvalue weighted by Crippen LogP contribution is -2.44. The lowest BCUT2D eigenvalue weighted by Gasteiger charge is -2.34.